The molecule has 0 fully saturated rings. The number of carbonyl (C=O) groups is 2. The summed E-state index contributed by atoms with van der Waals surface area (Å²) in [5.41, 5.74) is 3.20. The summed E-state index contributed by atoms with van der Waals surface area (Å²) >= 11 is 0. The minimum absolute atomic E-state index is 0.208. The number of rotatable bonds is 6. The molecule has 4 rings (SSSR count). The van der Waals surface area contributed by atoms with Crippen LogP contribution in [0.2, 0.25) is 0 Å². The summed E-state index contributed by atoms with van der Waals surface area (Å²) in [4.78, 5) is 28.2. The molecule has 3 aromatic rings. The molecule has 31 heavy (non-hydrogen) atoms. The van der Waals surface area contributed by atoms with Crippen LogP contribution in [0.5, 0.6) is 11.5 Å². The number of methoxy groups -OCH3 is 2. The molecule has 6 nitrogen and oxygen atoms in total. The van der Waals surface area contributed by atoms with Crippen LogP contribution in [-0.4, -0.2) is 26.0 Å². The van der Waals surface area contributed by atoms with Crippen LogP contribution in [0.3, 0.4) is 0 Å². The molecular weight excluding hydrogens is 392 g/mol. The second kappa shape index (κ2) is 8.36. The van der Waals surface area contributed by atoms with Crippen LogP contribution in [0.25, 0.3) is 5.57 Å². The number of para-hydroxylation sites is 2. The summed E-state index contributed by atoms with van der Waals surface area (Å²) in [5.74, 6) is 0.299. The van der Waals surface area contributed by atoms with Gasteiger partial charge >= 0.3 is 0 Å². The zero-order valence-corrected chi connectivity index (χ0v) is 17.5. The standard InChI is InChI=1S/C25H22N2O4/c1-16-8-4-6-10-20(16)26-23-22(19-9-5-7-11-21(19)31-3)24(28)27(25(23)29)17-12-14-18(30-2)15-13-17/h4-15,26H,1-3H3. The van der Waals surface area contributed by atoms with Gasteiger partial charge < -0.3 is 14.8 Å². The van der Waals surface area contributed by atoms with E-state index in [1.807, 2.05) is 43.3 Å². The van der Waals surface area contributed by atoms with E-state index >= 15 is 0 Å². The second-order valence-corrected chi connectivity index (χ2v) is 7.03. The SMILES string of the molecule is COc1ccc(N2C(=O)C(Nc3ccccc3C)=C(c3ccccc3OC)C2=O)cc1. The molecule has 0 atom stereocenters. The lowest BCUT2D eigenvalue weighted by Crippen LogP contribution is -2.32. The van der Waals surface area contributed by atoms with Crippen molar-refractivity contribution in [2.75, 3.05) is 24.4 Å². The van der Waals surface area contributed by atoms with Crippen molar-refractivity contribution in [3.8, 4) is 11.5 Å². The van der Waals surface area contributed by atoms with Gasteiger partial charge in [-0.2, -0.15) is 0 Å². The average molecular weight is 414 g/mol. The fourth-order valence-electron chi connectivity index (χ4n) is 3.56. The van der Waals surface area contributed by atoms with E-state index in [0.29, 0.717) is 22.7 Å². The van der Waals surface area contributed by atoms with Gasteiger partial charge in [-0.25, -0.2) is 4.90 Å². The van der Waals surface area contributed by atoms with Crippen molar-refractivity contribution in [3.05, 3.63) is 89.6 Å². The molecule has 1 N–H and O–H groups in total. The predicted molar refractivity (Wildman–Crippen MR) is 120 cm³/mol. The van der Waals surface area contributed by atoms with Gasteiger partial charge in [0.15, 0.2) is 0 Å². The molecule has 0 aromatic heterocycles. The van der Waals surface area contributed by atoms with Crippen LogP contribution in [0, 0.1) is 6.92 Å². The maximum absolute atomic E-state index is 13.5. The molecule has 1 heterocycles. The highest BCUT2D eigenvalue weighted by Crippen LogP contribution is 2.37. The number of carbonyl (C=O) groups excluding carboxylic acids is 2. The average Bonchev–Trinajstić information content (AvgIpc) is 3.04. The van der Waals surface area contributed by atoms with E-state index in [-0.39, 0.29) is 11.3 Å². The van der Waals surface area contributed by atoms with E-state index in [1.54, 1.807) is 43.5 Å². The van der Waals surface area contributed by atoms with Crippen LogP contribution in [0.15, 0.2) is 78.5 Å². The van der Waals surface area contributed by atoms with Gasteiger partial charge in [0.25, 0.3) is 11.8 Å². The van der Waals surface area contributed by atoms with Crippen LogP contribution in [-0.2, 0) is 9.59 Å². The molecule has 0 radical (unpaired) electrons. The van der Waals surface area contributed by atoms with Crippen molar-refractivity contribution in [3.63, 3.8) is 0 Å². The molecular formula is C25H22N2O4. The van der Waals surface area contributed by atoms with Gasteiger partial charge in [0.2, 0.25) is 0 Å². The molecule has 0 bridgehead atoms. The first-order valence-corrected chi connectivity index (χ1v) is 9.78. The highest BCUT2D eigenvalue weighted by Gasteiger charge is 2.41. The normalized spacial score (nSPS) is 13.6. The Hall–Kier alpha value is -4.06. The smallest absolute Gasteiger partial charge is 0.282 e. The summed E-state index contributed by atoms with van der Waals surface area (Å²) in [6, 6.07) is 21.6. The topological polar surface area (TPSA) is 67.9 Å². The molecule has 0 saturated heterocycles. The molecule has 0 spiro atoms. The number of benzene rings is 3. The first-order valence-electron chi connectivity index (χ1n) is 9.78. The van der Waals surface area contributed by atoms with Crippen molar-refractivity contribution in [1.29, 1.82) is 0 Å². The number of imide groups is 1. The zero-order chi connectivity index (χ0) is 22.0. The van der Waals surface area contributed by atoms with Gasteiger partial charge in [-0.3, -0.25) is 9.59 Å². The number of aryl methyl sites for hydroxylation is 1. The highest BCUT2D eigenvalue weighted by atomic mass is 16.5. The number of hydrogen-bond donors (Lipinski definition) is 1. The maximum Gasteiger partial charge on any atom is 0.282 e. The number of amides is 2. The Balaban J connectivity index is 1.85. The largest absolute Gasteiger partial charge is 0.497 e. The van der Waals surface area contributed by atoms with Gasteiger partial charge in [0.05, 0.1) is 25.5 Å². The monoisotopic (exact) mass is 414 g/mol. The number of hydrogen-bond acceptors (Lipinski definition) is 5. The Labute approximate surface area is 180 Å². The third kappa shape index (κ3) is 3.64. The zero-order valence-electron chi connectivity index (χ0n) is 17.5. The fraction of sp³-hybridized carbons (Fsp3) is 0.120. The summed E-state index contributed by atoms with van der Waals surface area (Å²) in [7, 11) is 3.10. The minimum atomic E-state index is -0.431. The van der Waals surface area contributed by atoms with Gasteiger partial charge in [0, 0.05) is 11.3 Å². The van der Waals surface area contributed by atoms with Gasteiger partial charge in [-0.1, -0.05) is 36.4 Å². The molecule has 0 unspecified atom stereocenters. The Morgan fingerprint density at radius 3 is 2.13 bits per heavy atom. The lowest BCUT2D eigenvalue weighted by atomic mass is 10.0. The Bertz CT molecular complexity index is 1180. The number of nitrogens with one attached hydrogen (secondary N) is 1. The van der Waals surface area contributed by atoms with E-state index in [4.69, 9.17) is 9.47 Å². The number of anilines is 2. The summed E-state index contributed by atoms with van der Waals surface area (Å²) in [5, 5.41) is 3.20. The van der Waals surface area contributed by atoms with Crippen LogP contribution >= 0.6 is 0 Å². The van der Waals surface area contributed by atoms with Crippen molar-refractivity contribution in [2.24, 2.45) is 0 Å². The molecule has 0 saturated carbocycles. The third-order valence-electron chi connectivity index (χ3n) is 5.20. The van der Waals surface area contributed by atoms with E-state index in [2.05, 4.69) is 5.32 Å². The number of nitrogens with zero attached hydrogens (tertiary/aromatic N) is 1. The summed E-state index contributed by atoms with van der Waals surface area (Å²) in [6.07, 6.45) is 0. The second-order valence-electron chi connectivity index (χ2n) is 7.03. The van der Waals surface area contributed by atoms with Crippen molar-refractivity contribution >= 4 is 28.8 Å². The van der Waals surface area contributed by atoms with Crippen molar-refractivity contribution < 1.29 is 19.1 Å². The quantitative estimate of drug-likeness (QED) is 0.605. The van der Waals surface area contributed by atoms with Gasteiger partial charge in [-0.05, 0) is 48.9 Å². The van der Waals surface area contributed by atoms with Gasteiger partial charge in [0.1, 0.15) is 17.2 Å². The lowest BCUT2D eigenvalue weighted by molar-refractivity contribution is -0.120. The highest BCUT2D eigenvalue weighted by molar-refractivity contribution is 6.46. The Morgan fingerprint density at radius 2 is 1.45 bits per heavy atom. The van der Waals surface area contributed by atoms with E-state index in [0.717, 1.165) is 11.3 Å². The van der Waals surface area contributed by atoms with E-state index < -0.39 is 11.8 Å². The van der Waals surface area contributed by atoms with E-state index in [1.165, 1.54) is 12.0 Å². The first kappa shape index (κ1) is 20.2. The van der Waals surface area contributed by atoms with Crippen molar-refractivity contribution in [2.45, 2.75) is 6.92 Å². The molecule has 0 aliphatic carbocycles. The Kier molecular flexibility index (Phi) is 5.45. The summed E-state index contributed by atoms with van der Waals surface area (Å²) < 4.78 is 10.7. The van der Waals surface area contributed by atoms with Crippen LogP contribution < -0.4 is 19.7 Å². The molecule has 2 amide bonds. The lowest BCUT2D eigenvalue weighted by Gasteiger charge is -2.16. The minimum Gasteiger partial charge on any atom is -0.497 e. The fourth-order valence-corrected chi connectivity index (χ4v) is 3.56. The molecule has 1 aliphatic rings. The number of ether oxygens (including phenoxy) is 2. The molecule has 156 valence electrons. The predicted octanol–water partition coefficient (Wildman–Crippen LogP) is 4.41. The Morgan fingerprint density at radius 1 is 0.774 bits per heavy atom. The van der Waals surface area contributed by atoms with Crippen LogP contribution in [0.1, 0.15) is 11.1 Å². The summed E-state index contributed by atoms with van der Waals surface area (Å²) in [6.45, 7) is 1.94. The molecule has 6 heteroatoms. The third-order valence-corrected chi connectivity index (χ3v) is 5.20. The van der Waals surface area contributed by atoms with E-state index in [9.17, 15) is 9.59 Å². The molecule has 1 aliphatic heterocycles. The van der Waals surface area contributed by atoms with Crippen LogP contribution in [0.4, 0.5) is 11.4 Å². The maximum atomic E-state index is 13.5. The molecule has 3 aromatic carbocycles. The first-order chi connectivity index (χ1) is 15.0. The van der Waals surface area contributed by atoms with Crippen molar-refractivity contribution in [1.82, 2.24) is 0 Å². The van der Waals surface area contributed by atoms with Gasteiger partial charge in [-0.15, -0.1) is 0 Å².